The van der Waals surface area contributed by atoms with Gasteiger partial charge in [0.2, 0.25) is 0 Å². The minimum absolute atomic E-state index is 0.0170. The second-order valence-electron chi connectivity index (χ2n) is 10.3. The fourth-order valence-corrected chi connectivity index (χ4v) is 5.39. The van der Waals surface area contributed by atoms with E-state index in [0.29, 0.717) is 32.3 Å². The molecule has 2 aliphatic rings. The number of ether oxygens (including phenoxy) is 3. The molecule has 0 aliphatic heterocycles. The molecule has 0 spiro atoms. The summed E-state index contributed by atoms with van der Waals surface area (Å²) in [5, 5.41) is 9.84. The Morgan fingerprint density at radius 3 is 2.06 bits per heavy atom. The summed E-state index contributed by atoms with van der Waals surface area (Å²) in [5.74, 6) is -0.157. The van der Waals surface area contributed by atoms with E-state index >= 15 is 0 Å². The van der Waals surface area contributed by atoms with Gasteiger partial charge in [-0.05, 0) is 38.5 Å². The summed E-state index contributed by atoms with van der Waals surface area (Å²) in [6.45, 7) is 4.06. The average Bonchev–Trinajstić information content (AvgIpc) is 2.85. The van der Waals surface area contributed by atoms with Crippen molar-refractivity contribution in [1.82, 2.24) is 0 Å². The zero-order chi connectivity index (χ0) is 23.6. The molecule has 0 radical (unpaired) electrons. The van der Waals surface area contributed by atoms with Crippen LogP contribution in [-0.4, -0.2) is 49.7 Å². The highest BCUT2D eigenvalue weighted by Gasteiger charge is 2.35. The Hall–Kier alpha value is -0.650. The first-order valence-corrected chi connectivity index (χ1v) is 14.2. The third-order valence-electron chi connectivity index (χ3n) is 7.54. The third-order valence-corrected chi connectivity index (χ3v) is 7.54. The molecule has 0 aromatic carbocycles. The second-order valence-corrected chi connectivity index (χ2v) is 10.3. The fraction of sp³-hybridized carbons (Fsp3) is 0.964. The molecule has 2 aliphatic carbocycles. The fourth-order valence-electron chi connectivity index (χ4n) is 5.39. The van der Waals surface area contributed by atoms with Gasteiger partial charge in [0.25, 0.3) is 0 Å². The van der Waals surface area contributed by atoms with Crippen molar-refractivity contribution in [1.29, 1.82) is 0 Å². The van der Waals surface area contributed by atoms with Crippen LogP contribution in [0.5, 0.6) is 0 Å². The van der Waals surface area contributed by atoms with Crippen LogP contribution in [-0.2, 0) is 19.0 Å². The minimum Gasteiger partial charge on any atom is -0.465 e. The highest BCUT2D eigenvalue weighted by Crippen LogP contribution is 2.32. The number of aliphatic hydroxyl groups excluding tert-OH is 1. The number of esters is 1. The number of hydrogen-bond donors (Lipinski definition) is 1. The van der Waals surface area contributed by atoms with Crippen molar-refractivity contribution in [2.24, 2.45) is 11.8 Å². The molecule has 0 aromatic heterocycles. The van der Waals surface area contributed by atoms with Gasteiger partial charge < -0.3 is 19.3 Å². The Labute approximate surface area is 203 Å². The second kappa shape index (κ2) is 18.6. The van der Waals surface area contributed by atoms with E-state index < -0.39 is 0 Å². The van der Waals surface area contributed by atoms with Gasteiger partial charge in [-0.25, -0.2) is 0 Å². The van der Waals surface area contributed by atoms with Gasteiger partial charge in [0.1, 0.15) is 0 Å². The maximum atomic E-state index is 12.5. The first-order valence-electron chi connectivity index (χ1n) is 14.2. The average molecular weight is 469 g/mol. The molecule has 0 amide bonds. The molecule has 3 unspecified atom stereocenters. The molecule has 194 valence electrons. The zero-order valence-electron chi connectivity index (χ0n) is 21.4. The topological polar surface area (TPSA) is 65.0 Å². The summed E-state index contributed by atoms with van der Waals surface area (Å²) in [6, 6.07) is 0. The summed E-state index contributed by atoms with van der Waals surface area (Å²) >= 11 is 0. The van der Waals surface area contributed by atoms with Crippen LogP contribution in [0, 0.1) is 11.8 Å². The van der Waals surface area contributed by atoms with Gasteiger partial charge in [-0.3, -0.25) is 4.79 Å². The van der Waals surface area contributed by atoms with E-state index in [1.54, 1.807) is 0 Å². The SMILES string of the molecule is CCCCCCCCCCCCOC(=O)C1CCC(OCCOC2CCCCC2)C(CO)C1. The molecular formula is C28H52O5. The smallest absolute Gasteiger partial charge is 0.308 e. The Balaban J connectivity index is 1.48. The lowest BCUT2D eigenvalue weighted by Crippen LogP contribution is -2.37. The molecular weight excluding hydrogens is 416 g/mol. The molecule has 33 heavy (non-hydrogen) atoms. The van der Waals surface area contributed by atoms with E-state index in [4.69, 9.17) is 14.2 Å². The number of carbonyl (C=O) groups is 1. The molecule has 0 aromatic rings. The van der Waals surface area contributed by atoms with Crippen molar-refractivity contribution in [2.75, 3.05) is 26.4 Å². The van der Waals surface area contributed by atoms with Crippen molar-refractivity contribution in [3.63, 3.8) is 0 Å². The summed E-state index contributed by atoms with van der Waals surface area (Å²) in [6.07, 6.45) is 21.7. The van der Waals surface area contributed by atoms with Crippen LogP contribution in [0.3, 0.4) is 0 Å². The standard InChI is InChI=1S/C28H52O5/c1-2-3-4-5-6-7-8-9-10-14-19-33-28(30)24-17-18-27(25(22-24)23-29)32-21-20-31-26-15-12-11-13-16-26/h24-27,29H,2-23H2,1H3. The van der Waals surface area contributed by atoms with Gasteiger partial charge >= 0.3 is 5.97 Å². The van der Waals surface area contributed by atoms with Gasteiger partial charge in [-0.2, -0.15) is 0 Å². The number of carbonyl (C=O) groups excluding carboxylic acids is 1. The lowest BCUT2D eigenvalue weighted by Gasteiger charge is -2.34. The van der Waals surface area contributed by atoms with Crippen LogP contribution < -0.4 is 0 Å². The van der Waals surface area contributed by atoms with Gasteiger partial charge in [-0.1, -0.05) is 84.0 Å². The molecule has 2 fully saturated rings. The maximum Gasteiger partial charge on any atom is 0.308 e. The number of unbranched alkanes of at least 4 members (excludes halogenated alkanes) is 9. The van der Waals surface area contributed by atoms with Crippen molar-refractivity contribution >= 4 is 5.97 Å². The van der Waals surface area contributed by atoms with Gasteiger partial charge in [-0.15, -0.1) is 0 Å². The third kappa shape index (κ3) is 12.6. The molecule has 5 nitrogen and oxygen atoms in total. The van der Waals surface area contributed by atoms with Crippen molar-refractivity contribution < 1.29 is 24.1 Å². The van der Waals surface area contributed by atoms with Crippen LogP contribution in [0.25, 0.3) is 0 Å². The van der Waals surface area contributed by atoms with E-state index in [1.165, 1.54) is 83.5 Å². The summed E-state index contributed by atoms with van der Waals surface area (Å²) in [5.41, 5.74) is 0. The quantitative estimate of drug-likeness (QED) is 0.181. The number of hydrogen-bond acceptors (Lipinski definition) is 5. The molecule has 0 saturated heterocycles. The van der Waals surface area contributed by atoms with Crippen molar-refractivity contribution in [3.05, 3.63) is 0 Å². The normalized spacial score (nSPS) is 24.1. The Kier molecular flexibility index (Phi) is 16.2. The lowest BCUT2D eigenvalue weighted by molar-refractivity contribution is -0.153. The van der Waals surface area contributed by atoms with E-state index in [0.717, 1.165) is 25.7 Å². The molecule has 2 rings (SSSR count). The lowest BCUT2D eigenvalue weighted by atomic mass is 9.79. The van der Waals surface area contributed by atoms with Gasteiger partial charge in [0.15, 0.2) is 0 Å². The molecule has 0 heterocycles. The maximum absolute atomic E-state index is 12.5. The monoisotopic (exact) mass is 468 g/mol. The molecule has 3 atom stereocenters. The summed E-state index contributed by atoms with van der Waals surface area (Å²) < 4.78 is 17.6. The van der Waals surface area contributed by atoms with E-state index in [9.17, 15) is 9.90 Å². The Morgan fingerprint density at radius 2 is 1.39 bits per heavy atom. The molecule has 1 N–H and O–H groups in total. The zero-order valence-corrected chi connectivity index (χ0v) is 21.4. The molecule has 5 heteroatoms. The molecule has 2 saturated carbocycles. The predicted molar refractivity (Wildman–Crippen MR) is 133 cm³/mol. The number of rotatable bonds is 18. The van der Waals surface area contributed by atoms with Crippen LogP contribution in [0.1, 0.15) is 122 Å². The van der Waals surface area contributed by atoms with E-state index in [2.05, 4.69) is 6.92 Å². The van der Waals surface area contributed by atoms with E-state index in [-0.39, 0.29) is 30.5 Å². The van der Waals surface area contributed by atoms with Crippen molar-refractivity contribution in [3.8, 4) is 0 Å². The van der Waals surface area contributed by atoms with Crippen LogP contribution in [0.15, 0.2) is 0 Å². The first-order chi connectivity index (χ1) is 16.2. The highest BCUT2D eigenvalue weighted by atomic mass is 16.5. The van der Waals surface area contributed by atoms with Crippen LogP contribution in [0.2, 0.25) is 0 Å². The van der Waals surface area contributed by atoms with Crippen molar-refractivity contribution in [2.45, 2.75) is 135 Å². The van der Waals surface area contributed by atoms with Gasteiger partial charge in [0.05, 0.1) is 37.9 Å². The summed E-state index contributed by atoms with van der Waals surface area (Å²) in [4.78, 5) is 12.5. The highest BCUT2D eigenvalue weighted by molar-refractivity contribution is 5.72. The number of aliphatic hydroxyl groups is 1. The Morgan fingerprint density at radius 1 is 0.758 bits per heavy atom. The Bertz CT molecular complexity index is 477. The first kappa shape index (κ1) is 28.6. The van der Waals surface area contributed by atoms with Crippen LogP contribution >= 0.6 is 0 Å². The molecule has 0 bridgehead atoms. The minimum atomic E-state index is -0.0939. The summed E-state index contributed by atoms with van der Waals surface area (Å²) in [7, 11) is 0. The largest absolute Gasteiger partial charge is 0.465 e. The predicted octanol–water partition coefficient (Wildman–Crippen LogP) is 6.59. The van der Waals surface area contributed by atoms with E-state index in [1.807, 2.05) is 0 Å². The van der Waals surface area contributed by atoms with Gasteiger partial charge in [0, 0.05) is 12.5 Å². The van der Waals surface area contributed by atoms with Crippen LogP contribution in [0.4, 0.5) is 0 Å².